The molecule has 0 N–H and O–H groups in total. The molecular weight excluding hydrogens is 336 g/mol. The second kappa shape index (κ2) is 8.26. The van der Waals surface area contributed by atoms with Crippen LogP contribution in [-0.2, 0) is 5.75 Å². The highest BCUT2D eigenvalue weighted by Gasteiger charge is 2.21. The molecule has 0 saturated carbocycles. The van der Waals surface area contributed by atoms with E-state index in [1.54, 1.807) is 37.1 Å². The van der Waals surface area contributed by atoms with Crippen molar-refractivity contribution in [3.63, 3.8) is 0 Å². The van der Waals surface area contributed by atoms with Crippen LogP contribution in [0.25, 0.3) is 0 Å². The Kier molecular flexibility index (Phi) is 6.35. The molecule has 8 heteroatoms. The summed E-state index contributed by atoms with van der Waals surface area (Å²) in [4.78, 5) is 12.5. The Balaban J connectivity index is 2.09. The van der Waals surface area contributed by atoms with Crippen molar-refractivity contribution in [3.05, 3.63) is 29.7 Å². The van der Waals surface area contributed by atoms with Gasteiger partial charge in [0.25, 0.3) is 5.22 Å². The molecule has 0 spiro atoms. The minimum Gasteiger partial charge on any atom is -0.493 e. The van der Waals surface area contributed by atoms with E-state index in [1.165, 1.54) is 18.9 Å². The zero-order valence-electron chi connectivity index (χ0n) is 13.4. The van der Waals surface area contributed by atoms with Crippen LogP contribution in [0.15, 0.2) is 27.8 Å². The molecule has 2 rings (SSSR count). The van der Waals surface area contributed by atoms with Gasteiger partial charge in [-0.25, -0.2) is 0 Å². The number of rotatable bonds is 8. The molecule has 1 aromatic carbocycles. The normalized spacial score (nSPS) is 12.0. The highest BCUT2D eigenvalue weighted by atomic mass is 32.2. The van der Waals surface area contributed by atoms with Gasteiger partial charge in [-0.2, -0.15) is 11.8 Å². The van der Waals surface area contributed by atoms with E-state index in [2.05, 4.69) is 10.2 Å². The fourth-order valence-corrected chi connectivity index (χ4v) is 3.04. The first-order chi connectivity index (χ1) is 11.1. The summed E-state index contributed by atoms with van der Waals surface area (Å²) in [6, 6.07) is 5.10. The first-order valence-electron chi connectivity index (χ1n) is 6.83. The Morgan fingerprint density at radius 3 is 2.65 bits per heavy atom. The van der Waals surface area contributed by atoms with E-state index in [0.717, 1.165) is 0 Å². The molecule has 6 nitrogen and oxygen atoms in total. The van der Waals surface area contributed by atoms with Gasteiger partial charge in [0.2, 0.25) is 5.89 Å². The fourth-order valence-electron chi connectivity index (χ4n) is 1.90. The Morgan fingerprint density at radius 1 is 1.26 bits per heavy atom. The number of carbonyl (C=O) groups is 1. The van der Waals surface area contributed by atoms with E-state index in [9.17, 15) is 4.79 Å². The molecular formula is C15H18N2O4S2. The van der Waals surface area contributed by atoms with Crippen molar-refractivity contribution >= 4 is 29.3 Å². The maximum Gasteiger partial charge on any atom is 0.277 e. The quantitative estimate of drug-likeness (QED) is 0.528. The number of carbonyl (C=O) groups excluding carboxylic acids is 1. The van der Waals surface area contributed by atoms with E-state index < -0.39 is 0 Å². The Labute approximate surface area is 143 Å². The van der Waals surface area contributed by atoms with Gasteiger partial charge in [0.1, 0.15) is 0 Å². The summed E-state index contributed by atoms with van der Waals surface area (Å²) in [5.41, 5.74) is 0.548. The summed E-state index contributed by atoms with van der Waals surface area (Å²) in [5.74, 6) is 2.29. The van der Waals surface area contributed by atoms with Crippen LogP contribution in [0, 0.1) is 0 Å². The number of methoxy groups -OCH3 is 2. The van der Waals surface area contributed by atoms with Gasteiger partial charge in [-0.15, -0.1) is 10.2 Å². The third-order valence-corrected chi connectivity index (χ3v) is 4.50. The molecule has 0 unspecified atom stereocenters. The maximum absolute atomic E-state index is 12.5. The van der Waals surface area contributed by atoms with Gasteiger partial charge < -0.3 is 13.9 Å². The van der Waals surface area contributed by atoms with Gasteiger partial charge in [-0.3, -0.25) is 4.79 Å². The van der Waals surface area contributed by atoms with Crippen molar-refractivity contribution in [1.82, 2.24) is 10.2 Å². The number of nitrogens with zero attached hydrogens (tertiary/aromatic N) is 2. The van der Waals surface area contributed by atoms with Crippen LogP contribution in [-0.4, -0.2) is 41.7 Å². The molecule has 124 valence electrons. The molecule has 0 saturated heterocycles. The molecule has 0 fully saturated rings. The lowest BCUT2D eigenvalue weighted by Gasteiger charge is -2.11. The summed E-state index contributed by atoms with van der Waals surface area (Å²) in [7, 11) is 3.09. The SMILES string of the molecule is COc1ccc(C(=O)[C@H](C)Sc2nnc(CSC)o2)cc1OC. The summed E-state index contributed by atoms with van der Waals surface area (Å²) in [6.45, 7) is 1.81. The maximum atomic E-state index is 12.5. The molecule has 1 heterocycles. The smallest absolute Gasteiger partial charge is 0.277 e. The van der Waals surface area contributed by atoms with E-state index in [0.29, 0.717) is 33.9 Å². The summed E-state index contributed by atoms with van der Waals surface area (Å²) >= 11 is 2.84. The first-order valence-corrected chi connectivity index (χ1v) is 9.10. The van der Waals surface area contributed by atoms with Gasteiger partial charge in [0.05, 0.1) is 25.2 Å². The van der Waals surface area contributed by atoms with Gasteiger partial charge >= 0.3 is 0 Å². The lowest BCUT2D eigenvalue weighted by atomic mass is 10.1. The Bertz CT molecular complexity index is 675. The second-order valence-electron chi connectivity index (χ2n) is 4.59. The Morgan fingerprint density at radius 2 is 2.00 bits per heavy atom. The minimum atomic E-state index is -0.351. The van der Waals surface area contributed by atoms with Crippen LogP contribution < -0.4 is 9.47 Å². The molecule has 1 aromatic heterocycles. The van der Waals surface area contributed by atoms with Gasteiger partial charge in [-0.1, -0.05) is 11.8 Å². The topological polar surface area (TPSA) is 74.5 Å². The molecule has 23 heavy (non-hydrogen) atoms. The lowest BCUT2D eigenvalue weighted by Crippen LogP contribution is -2.13. The fraction of sp³-hybridized carbons (Fsp3) is 0.400. The molecule has 1 atom stereocenters. The van der Waals surface area contributed by atoms with Gasteiger partial charge in [0, 0.05) is 5.56 Å². The van der Waals surface area contributed by atoms with E-state index in [4.69, 9.17) is 13.9 Å². The second-order valence-corrected chi connectivity index (χ2v) is 6.75. The summed E-state index contributed by atoms with van der Waals surface area (Å²) in [6.07, 6.45) is 1.96. The number of ketones is 1. The van der Waals surface area contributed by atoms with Crippen LogP contribution in [0.3, 0.4) is 0 Å². The van der Waals surface area contributed by atoms with Crippen molar-refractivity contribution < 1.29 is 18.7 Å². The zero-order valence-corrected chi connectivity index (χ0v) is 15.0. The molecule has 2 aromatic rings. The molecule has 0 radical (unpaired) electrons. The molecule has 0 aliphatic rings. The zero-order chi connectivity index (χ0) is 16.8. The number of hydrogen-bond acceptors (Lipinski definition) is 8. The first kappa shape index (κ1) is 17.7. The number of hydrogen-bond donors (Lipinski definition) is 0. The number of aromatic nitrogens is 2. The average molecular weight is 354 g/mol. The number of benzene rings is 1. The van der Waals surface area contributed by atoms with E-state index in [1.807, 2.05) is 13.2 Å². The van der Waals surface area contributed by atoms with Gasteiger partial charge in [0.15, 0.2) is 17.3 Å². The molecule has 0 aliphatic carbocycles. The number of thioether (sulfide) groups is 2. The number of Topliss-reactive ketones (excluding diaryl/α,β-unsaturated/α-hetero) is 1. The standard InChI is InChI=1S/C15H18N2O4S2/c1-9(23-15-17-16-13(21-15)8-22-4)14(18)10-5-6-11(19-2)12(7-10)20-3/h5-7,9H,8H2,1-4H3/t9-/m0/s1. The van der Waals surface area contributed by atoms with Crippen LogP contribution in [0.2, 0.25) is 0 Å². The summed E-state index contributed by atoms with van der Waals surface area (Å²) < 4.78 is 15.9. The monoisotopic (exact) mass is 354 g/mol. The van der Waals surface area contributed by atoms with Crippen LogP contribution in [0.1, 0.15) is 23.2 Å². The third kappa shape index (κ3) is 4.42. The largest absolute Gasteiger partial charge is 0.493 e. The van der Waals surface area contributed by atoms with Crippen molar-refractivity contribution in [2.75, 3.05) is 20.5 Å². The summed E-state index contributed by atoms with van der Waals surface area (Å²) in [5, 5.41) is 7.93. The van der Waals surface area contributed by atoms with Crippen LogP contribution >= 0.6 is 23.5 Å². The predicted molar refractivity (Wildman–Crippen MR) is 90.7 cm³/mol. The molecule has 0 aliphatic heterocycles. The molecule has 0 amide bonds. The van der Waals surface area contributed by atoms with Gasteiger partial charge in [-0.05, 0) is 31.4 Å². The van der Waals surface area contributed by atoms with Crippen LogP contribution in [0.5, 0.6) is 11.5 Å². The van der Waals surface area contributed by atoms with Crippen molar-refractivity contribution in [2.24, 2.45) is 0 Å². The molecule has 0 bridgehead atoms. The van der Waals surface area contributed by atoms with E-state index >= 15 is 0 Å². The highest BCUT2D eigenvalue weighted by Crippen LogP contribution is 2.30. The lowest BCUT2D eigenvalue weighted by molar-refractivity contribution is 0.0993. The average Bonchev–Trinajstić information content (AvgIpc) is 3.00. The van der Waals surface area contributed by atoms with Crippen LogP contribution in [0.4, 0.5) is 0 Å². The van der Waals surface area contributed by atoms with E-state index in [-0.39, 0.29) is 11.0 Å². The van der Waals surface area contributed by atoms with Crippen molar-refractivity contribution in [2.45, 2.75) is 23.1 Å². The Hall–Kier alpha value is -1.67. The van der Waals surface area contributed by atoms with Crippen molar-refractivity contribution in [1.29, 1.82) is 0 Å². The van der Waals surface area contributed by atoms with Crippen molar-refractivity contribution in [3.8, 4) is 11.5 Å². The third-order valence-electron chi connectivity index (χ3n) is 3.03. The number of ether oxygens (including phenoxy) is 2. The minimum absolute atomic E-state index is 0.0411. The highest BCUT2D eigenvalue weighted by molar-refractivity contribution is 8.00. The predicted octanol–water partition coefficient (Wildman–Crippen LogP) is 3.31.